The number of aldehydes is 1. The molecule has 100 valence electrons. The minimum absolute atomic E-state index is 0.0604. The Morgan fingerprint density at radius 2 is 2.21 bits per heavy atom. The van der Waals surface area contributed by atoms with Crippen LogP contribution in [0.4, 0.5) is 5.69 Å². The van der Waals surface area contributed by atoms with Crippen LogP contribution in [0, 0.1) is 10.1 Å². The number of thioether (sulfide) groups is 1. The Labute approximate surface area is 114 Å². The van der Waals surface area contributed by atoms with Crippen LogP contribution in [0.25, 0.3) is 6.08 Å². The first kappa shape index (κ1) is 15.1. The van der Waals surface area contributed by atoms with E-state index in [1.807, 2.05) is 6.08 Å². The van der Waals surface area contributed by atoms with Crippen LogP contribution in [0.3, 0.4) is 0 Å². The Hall–Kier alpha value is -1.95. The molecule has 0 atom stereocenters. The van der Waals surface area contributed by atoms with Crippen molar-refractivity contribution in [3.05, 3.63) is 45.5 Å². The maximum atomic E-state index is 10.8. The smallest absolute Gasteiger partial charge is 0.279 e. The van der Waals surface area contributed by atoms with Crippen molar-refractivity contribution in [1.29, 1.82) is 0 Å². The molecule has 6 heteroatoms. The second kappa shape index (κ2) is 7.48. The van der Waals surface area contributed by atoms with Crippen LogP contribution in [0.2, 0.25) is 0 Å². The summed E-state index contributed by atoms with van der Waals surface area (Å²) in [7, 11) is 0. The average Bonchev–Trinajstić information content (AvgIpc) is 2.37. The molecule has 1 rings (SSSR count). The Kier molecular flexibility index (Phi) is 5.95. The maximum absolute atomic E-state index is 10.8. The lowest BCUT2D eigenvalue weighted by atomic mass is 10.1. The van der Waals surface area contributed by atoms with Gasteiger partial charge in [0.1, 0.15) is 0 Å². The molecule has 0 radical (unpaired) electrons. The lowest BCUT2D eigenvalue weighted by Gasteiger charge is -1.98. The molecule has 19 heavy (non-hydrogen) atoms. The monoisotopic (exact) mass is 279 g/mol. The zero-order valence-corrected chi connectivity index (χ0v) is 11.2. The number of carbonyl (C=O) groups excluding carboxylic acids is 2. The molecule has 0 spiro atoms. The molecule has 0 aliphatic carbocycles. The number of benzene rings is 1. The van der Waals surface area contributed by atoms with E-state index in [4.69, 9.17) is 0 Å². The zero-order valence-electron chi connectivity index (χ0n) is 10.4. The van der Waals surface area contributed by atoms with E-state index in [0.717, 1.165) is 12.0 Å². The summed E-state index contributed by atoms with van der Waals surface area (Å²) in [6.07, 6.45) is 4.84. The molecule has 0 fully saturated rings. The number of hydrogen-bond acceptors (Lipinski definition) is 5. The van der Waals surface area contributed by atoms with Crippen molar-refractivity contribution >= 4 is 34.9 Å². The third-order valence-corrected chi connectivity index (χ3v) is 3.12. The number of nitrogens with zero attached hydrogens (tertiary/aromatic N) is 1. The van der Waals surface area contributed by atoms with Crippen molar-refractivity contribution in [3.63, 3.8) is 0 Å². The standard InChI is InChI=1S/C13H13NO4S/c1-10(16)19-7-3-2-4-11-5-6-13(14(17)18)12(8-11)9-15/h2,4-6,8-9H,3,7H2,1H3. The number of nitro benzene ring substituents is 1. The summed E-state index contributed by atoms with van der Waals surface area (Å²) in [6, 6.07) is 4.37. The number of carbonyl (C=O) groups is 2. The van der Waals surface area contributed by atoms with Gasteiger partial charge in [-0.25, -0.2) is 0 Å². The van der Waals surface area contributed by atoms with Crippen LogP contribution in [0.5, 0.6) is 0 Å². The largest absolute Gasteiger partial charge is 0.298 e. The van der Waals surface area contributed by atoms with E-state index in [2.05, 4.69) is 0 Å². The van der Waals surface area contributed by atoms with Gasteiger partial charge in [-0.15, -0.1) is 0 Å². The SMILES string of the molecule is CC(=O)SCCC=Cc1ccc([N+](=O)[O-])c(C=O)c1. The van der Waals surface area contributed by atoms with Crippen molar-refractivity contribution in [1.82, 2.24) is 0 Å². The van der Waals surface area contributed by atoms with Crippen LogP contribution in [0.1, 0.15) is 29.3 Å². The first-order chi connectivity index (χ1) is 9.04. The van der Waals surface area contributed by atoms with E-state index in [-0.39, 0.29) is 16.4 Å². The molecular formula is C13H13NO4S. The summed E-state index contributed by atoms with van der Waals surface area (Å²) < 4.78 is 0. The quantitative estimate of drug-likeness (QED) is 0.346. The highest BCUT2D eigenvalue weighted by molar-refractivity contribution is 8.13. The van der Waals surface area contributed by atoms with Gasteiger partial charge < -0.3 is 0 Å². The molecule has 5 nitrogen and oxygen atoms in total. The second-order valence-electron chi connectivity index (χ2n) is 3.72. The van der Waals surface area contributed by atoms with Crippen LogP contribution < -0.4 is 0 Å². The van der Waals surface area contributed by atoms with Crippen molar-refractivity contribution in [3.8, 4) is 0 Å². The summed E-state index contributed by atoms with van der Waals surface area (Å²) in [4.78, 5) is 31.5. The Morgan fingerprint density at radius 1 is 1.47 bits per heavy atom. The first-order valence-corrected chi connectivity index (χ1v) is 6.56. The average molecular weight is 279 g/mol. The van der Waals surface area contributed by atoms with Gasteiger partial charge in [0.05, 0.1) is 10.5 Å². The third kappa shape index (κ3) is 5.05. The lowest BCUT2D eigenvalue weighted by Crippen LogP contribution is -1.94. The normalized spacial score (nSPS) is 10.6. The summed E-state index contributed by atoms with van der Waals surface area (Å²) in [5.41, 5.74) is 0.588. The fourth-order valence-corrected chi connectivity index (χ4v) is 1.97. The fraction of sp³-hybridized carbons (Fsp3) is 0.231. The van der Waals surface area contributed by atoms with Gasteiger partial charge in [0.25, 0.3) is 5.69 Å². The Morgan fingerprint density at radius 3 is 2.79 bits per heavy atom. The highest BCUT2D eigenvalue weighted by atomic mass is 32.2. The minimum Gasteiger partial charge on any atom is -0.298 e. The van der Waals surface area contributed by atoms with Gasteiger partial charge in [-0.3, -0.25) is 19.7 Å². The van der Waals surface area contributed by atoms with Crippen LogP contribution in [-0.2, 0) is 4.79 Å². The van der Waals surface area contributed by atoms with E-state index in [0.29, 0.717) is 12.0 Å². The van der Waals surface area contributed by atoms with E-state index in [1.54, 1.807) is 12.1 Å². The summed E-state index contributed by atoms with van der Waals surface area (Å²) in [6.45, 7) is 1.51. The van der Waals surface area contributed by atoms with Gasteiger partial charge in [-0.2, -0.15) is 0 Å². The van der Waals surface area contributed by atoms with Gasteiger partial charge in [-0.1, -0.05) is 23.9 Å². The van der Waals surface area contributed by atoms with Gasteiger partial charge in [-0.05, 0) is 24.1 Å². The highest BCUT2D eigenvalue weighted by Crippen LogP contribution is 2.19. The molecule has 0 N–H and O–H groups in total. The van der Waals surface area contributed by atoms with Crippen LogP contribution >= 0.6 is 11.8 Å². The molecule has 0 aliphatic heterocycles. The van der Waals surface area contributed by atoms with Crippen LogP contribution in [-0.4, -0.2) is 22.1 Å². The molecule has 0 bridgehead atoms. The van der Waals surface area contributed by atoms with Gasteiger partial charge >= 0.3 is 0 Å². The molecule has 0 aliphatic rings. The molecule has 1 aromatic rings. The van der Waals surface area contributed by atoms with Crippen molar-refractivity contribution < 1.29 is 14.5 Å². The summed E-state index contributed by atoms with van der Waals surface area (Å²) in [5, 5.41) is 10.7. The predicted octanol–water partition coefficient (Wildman–Crippen LogP) is 3.09. The van der Waals surface area contributed by atoms with E-state index < -0.39 is 4.92 Å². The van der Waals surface area contributed by atoms with E-state index in [9.17, 15) is 19.7 Å². The van der Waals surface area contributed by atoms with Gasteiger partial charge in [0.2, 0.25) is 0 Å². The molecule has 0 heterocycles. The van der Waals surface area contributed by atoms with Gasteiger partial charge in [0.15, 0.2) is 11.4 Å². The lowest BCUT2D eigenvalue weighted by molar-refractivity contribution is -0.385. The van der Waals surface area contributed by atoms with Crippen LogP contribution in [0.15, 0.2) is 24.3 Å². The van der Waals surface area contributed by atoms with Gasteiger partial charge in [0, 0.05) is 18.7 Å². The first-order valence-electron chi connectivity index (χ1n) is 5.58. The number of allylic oxidation sites excluding steroid dienone is 1. The zero-order chi connectivity index (χ0) is 14.3. The Bertz CT molecular complexity index is 525. The highest BCUT2D eigenvalue weighted by Gasteiger charge is 2.12. The predicted molar refractivity (Wildman–Crippen MR) is 75.3 cm³/mol. The van der Waals surface area contributed by atoms with Crippen molar-refractivity contribution in [2.24, 2.45) is 0 Å². The number of rotatable bonds is 6. The molecule has 0 aromatic heterocycles. The number of hydrogen-bond donors (Lipinski definition) is 0. The molecule has 1 aromatic carbocycles. The van der Waals surface area contributed by atoms with E-state index >= 15 is 0 Å². The molecule has 0 saturated carbocycles. The Balaban J connectivity index is 2.69. The fourth-order valence-electron chi connectivity index (χ4n) is 1.43. The van der Waals surface area contributed by atoms with Crippen molar-refractivity contribution in [2.45, 2.75) is 13.3 Å². The molecule has 0 unspecified atom stereocenters. The maximum Gasteiger partial charge on any atom is 0.279 e. The third-order valence-electron chi connectivity index (χ3n) is 2.28. The minimum atomic E-state index is -0.583. The molecule has 0 amide bonds. The summed E-state index contributed by atoms with van der Waals surface area (Å²) >= 11 is 1.24. The molecule has 0 saturated heterocycles. The summed E-state index contributed by atoms with van der Waals surface area (Å²) in [5.74, 6) is 0.694. The van der Waals surface area contributed by atoms with Crippen molar-refractivity contribution in [2.75, 3.05) is 5.75 Å². The second-order valence-corrected chi connectivity index (χ2v) is 5.00. The molecular weight excluding hydrogens is 266 g/mol. The number of nitro groups is 1. The topological polar surface area (TPSA) is 77.3 Å². The van der Waals surface area contributed by atoms with E-state index in [1.165, 1.54) is 30.8 Å².